The molecule has 0 atom stereocenters. The Balaban J connectivity index is 2.40. The van der Waals surface area contributed by atoms with Crippen LogP contribution in [0, 0.1) is 17.2 Å². The zero-order valence-corrected chi connectivity index (χ0v) is 12.9. The van der Waals surface area contributed by atoms with Crippen LogP contribution >= 0.6 is 15.9 Å². The molecule has 2 rings (SSSR count). The Kier molecular flexibility index (Phi) is 4.30. The molecule has 2 aromatic rings. The van der Waals surface area contributed by atoms with E-state index in [-0.39, 0.29) is 17.3 Å². The fourth-order valence-electron chi connectivity index (χ4n) is 1.64. The summed E-state index contributed by atoms with van der Waals surface area (Å²) in [4.78, 5) is 0. The van der Waals surface area contributed by atoms with Gasteiger partial charge in [0.05, 0.1) is 12.3 Å². The van der Waals surface area contributed by atoms with Crippen LogP contribution in [0.1, 0.15) is 19.4 Å². The summed E-state index contributed by atoms with van der Waals surface area (Å²) in [5.41, 5.74) is 7.03. The molecule has 0 aliphatic rings. The molecule has 20 heavy (non-hydrogen) atoms. The summed E-state index contributed by atoms with van der Waals surface area (Å²) in [6.45, 7) is 4.55. The van der Waals surface area contributed by atoms with Crippen molar-refractivity contribution in [3.63, 3.8) is 0 Å². The van der Waals surface area contributed by atoms with Crippen molar-refractivity contribution in [3.8, 4) is 17.6 Å². The van der Waals surface area contributed by atoms with Gasteiger partial charge in [0.1, 0.15) is 11.9 Å². The van der Waals surface area contributed by atoms with E-state index in [0.29, 0.717) is 12.5 Å². The minimum absolute atomic E-state index is 0.272. The maximum Gasteiger partial charge on any atom is 0.253 e. The smallest absolute Gasteiger partial charge is 0.253 e. The van der Waals surface area contributed by atoms with Gasteiger partial charge in [0.25, 0.3) is 5.88 Å². The van der Waals surface area contributed by atoms with Crippen molar-refractivity contribution in [1.29, 1.82) is 5.26 Å². The van der Waals surface area contributed by atoms with Crippen LogP contribution in [0.25, 0.3) is 5.69 Å². The van der Waals surface area contributed by atoms with E-state index in [0.717, 1.165) is 10.2 Å². The van der Waals surface area contributed by atoms with Gasteiger partial charge in [0, 0.05) is 4.47 Å². The van der Waals surface area contributed by atoms with E-state index < -0.39 is 0 Å². The monoisotopic (exact) mass is 334 g/mol. The number of nitrogens with zero attached hydrogens (tertiary/aromatic N) is 3. The van der Waals surface area contributed by atoms with Crippen LogP contribution < -0.4 is 10.5 Å². The minimum Gasteiger partial charge on any atom is -0.475 e. The van der Waals surface area contributed by atoms with Gasteiger partial charge in [-0.05, 0) is 30.2 Å². The maximum atomic E-state index is 9.20. The molecule has 0 spiro atoms. The van der Waals surface area contributed by atoms with E-state index in [1.54, 1.807) is 0 Å². The Labute approximate surface area is 126 Å². The number of aromatic nitrogens is 2. The Bertz CT molecular complexity index is 640. The van der Waals surface area contributed by atoms with Gasteiger partial charge in [0.2, 0.25) is 0 Å². The number of nitrogen functional groups attached to an aromatic ring is 1. The Morgan fingerprint density at radius 2 is 2.05 bits per heavy atom. The molecule has 1 heterocycles. The number of nitrogens with two attached hydrogens (primary N) is 1. The van der Waals surface area contributed by atoms with Crippen molar-refractivity contribution in [2.24, 2.45) is 5.92 Å². The number of halogens is 1. The molecule has 0 saturated heterocycles. The summed E-state index contributed by atoms with van der Waals surface area (Å²) in [7, 11) is 0. The lowest BCUT2D eigenvalue weighted by Crippen LogP contribution is -2.06. The Hall–Kier alpha value is -2.00. The first-order valence-electron chi connectivity index (χ1n) is 6.20. The van der Waals surface area contributed by atoms with E-state index in [1.807, 2.05) is 44.2 Å². The molecule has 5 nitrogen and oxygen atoms in total. The van der Waals surface area contributed by atoms with Crippen molar-refractivity contribution >= 4 is 21.7 Å². The average Bonchev–Trinajstić information content (AvgIpc) is 2.73. The molecule has 2 N–H and O–H groups in total. The summed E-state index contributed by atoms with van der Waals surface area (Å²) in [5, 5.41) is 13.5. The minimum atomic E-state index is 0.272. The van der Waals surface area contributed by atoms with Gasteiger partial charge in [0.15, 0.2) is 5.56 Å². The van der Waals surface area contributed by atoms with E-state index in [2.05, 4.69) is 21.0 Å². The highest BCUT2D eigenvalue weighted by Crippen LogP contribution is 2.26. The third-order valence-electron chi connectivity index (χ3n) is 2.63. The van der Waals surface area contributed by atoms with E-state index in [4.69, 9.17) is 10.5 Å². The first-order valence-corrected chi connectivity index (χ1v) is 6.99. The van der Waals surface area contributed by atoms with Gasteiger partial charge in [-0.3, -0.25) is 0 Å². The molecule has 1 aromatic heterocycles. The summed E-state index contributed by atoms with van der Waals surface area (Å²) >= 11 is 3.37. The highest BCUT2D eigenvalue weighted by atomic mass is 79.9. The lowest BCUT2D eigenvalue weighted by Gasteiger charge is -2.05. The Morgan fingerprint density at radius 3 is 2.60 bits per heavy atom. The first-order chi connectivity index (χ1) is 9.52. The molecule has 0 radical (unpaired) electrons. The van der Waals surface area contributed by atoms with E-state index >= 15 is 0 Å². The predicted octanol–water partition coefficient (Wildman–Crippen LogP) is 3.12. The Morgan fingerprint density at radius 1 is 1.40 bits per heavy atom. The largest absolute Gasteiger partial charge is 0.475 e. The van der Waals surface area contributed by atoms with Gasteiger partial charge >= 0.3 is 0 Å². The molecule has 0 bridgehead atoms. The first kappa shape index (κ1) is 14.4. The van der Waals surface area contributed by atoms with Crippen LogP contribution in [0.5, 0.6) is 5.88 Å². The number of hydrogen-bond acceptors (Lipinski definition) is 4. The van der Waals surface area contributed by atoms with Crippen molar-refractivity contribution in [2.45, 2.75) is 13.8 Å². The third-order valence-corrected chi connectivity index (χ3v) is 3.15. The number of rotatable bonds is 4. The zero-order chi connectivity index (χ0) is 14.7. The standard InChI is InChI=1S/C14H15BrN4O/c1-9(2)8-20-14-12(7-16)13(17)19(18-14)11-5-3-10(15)4-6-11/h3-6,9H,8,17H2,1-2H3. The summed E-state index contributed by atoms with van der Waals surface area (Å²) in [6.07, 6.45) is 0. The van der Waals surface area contributed by atoms with Crippen LogP contribution in [0.3, 0.4) is 0 Å². The molecular formula is C14H15BrN4O. The van der Waals surface area contributed by atoms with Crippen molar-refractivity contribution in [2.75, 3.05) is 12.3 Å². The molecule has 104 valence electrons. The topological polar surface area (TPSA) is 76.9 Å². The number of nitriles is 1. The van der Waals surface area contributed by atoms with Crippen molar-refractivity contribution in [3.05, 3.63) is 34.3 Å². The fourth-order valence-corrected chi connectivity index (χ4v) is 1.91. The second-order valence-electron chi connectivity index (χ2n) is 4.77. The quantitative estimate of drug-likeness (QED) is 0.931. The highest BCUT2D eigenvalue weighted by Gasteiger charge is 2.18. The maximum absolute atomic E-state index is 9.20. The van der Waals surface area contributed by atoms with E-state index in [9.17, 15) is 5.26 Å². The van der Waals surface area contributed by atoms with E-state index in [1.165, 1.54) is 4.68 Å². The number of anilines is 1. The predicted molar refractivity (Wildman–Crippen MR) is 80.7 cm³/mol. The van der Waals surface area contributed by atoms with Crippen molar-refractivity contribution < 1.29 is 4.74 Å². The molecule has 0 fully saturated rings. The average molecular weight is 335 g/mol. The van der Waals surface area contributed by atoms with Gasteiger partial charge < -0.3 is 10.5 Å². The summed E-state index contributed by atoms with van der Waals surface area (Å²) < 4.78 is 8.03. The molecular weight excluding hydrogens is 320 g/mol. The molecule has 0 aliphatic heterocycles. The van der Waals surface area contributed by atoms with Crippen LogP contribution in [0.4, 0.5) is 5.82 Å². The van der Waals surface area contributed by atoms with Crippen molar-refractivity contribution in [1.82, 2.24) is 9.78 Å². The third kappa shape index (κ3) is 2.94. The number of benzene rings is 1. The number of ether oxygens (including phenoxy) is 1. The molecule has 6 heteroatoms. The highest BCUT2D eigenvalue weighted by molar-refractivity contribution is 9.10. The molecule has 1 aromatic carbocycles. The fraction of sp³-hybridized carbons (Fsp3) is 0.286. The number of hydrogen-bond donors (Lipinski definition) is 1. The molecule has 0 unspecified atom stereocenters. The second-order valence-corrected chi connectivity index (χ2v) is 5.69. The second kappa shape index (κ2) is 5.97. The molecule has 0 saturated carbocycles. The van der Waals surface area contributed by atoms with Crippen LogP contribution in [0.15, 0.2) is 28.7 Å². The van der Waals surface area contributed by atoms with Gasteiger partial charge in [-0.1, -0.05) is 29.8 Å². The zero-order valence-electron chi connectivity index (χ0n) is 11.3. The lowest BCUT2D eigenvalue weighted by atomic mass is 10.2. The van der Waals surface area contributed by atoms with Gasteiger partial charge in [-0.2, -0.15) is 5.26 Å². The molecule has 0 amide bonds. The van der Waals surface area contributed by atoms with Crippen LogP contribution in [-0.4, -0.2) is 16.4 Å². The SMILES string of the molecule is CC(C)COc1nn(-c2ccc(Br)cc2)c(N)c1C#N. The van der Waals surface area contributed by atoms with Crippen LogP contribution in [0.2, 0.25) is 0 Å². The molecule has 0 aliphatic carbocycles. The lowest BCUT2D eigenvalue weighted by molar-refractivity contribution is 0.259. The van der Waals surface area contributed by atoms with Crippen LogP contribution in [-0.2, 0) is 0 Å². The normalized spacial score (nSPS) is 10.6. The summed E-state index contributed by atoms with van der Waals surface area (Å²) in [5.74, 6) is 0.913. The van der Waals surface area contributed by atoms with Gasteiger partial charge in [-0.15, -0.1) is 5.10 Å². The van der Waals surface area contributed by atoms with Gasteiger partial charge in [-0.25, -0.2) is 4.68 Å². The summed E-state index contributed by atoms with van der Waals surface area (Å²) in [6, 6.07) is 9.54.